The number of guanidine groups is 1. The third-order valence-corrected chi connectivity index (χ3v) is 5.53. The van der Waals surface area contributed by atoms with E-state index in [-0.39, 0.29) is 23.7 Å². The first-order valence-corrected chi connectivity index (χ1v) is 11.3. The summed E-state index contributed by atoms with van der Waals surface area (Å²) in [5, 5.41) is 7.97. The monoisotopic (exact) mass is 443 g/mol. The molecule has 168 valence electrons. The zero-order valence-corrected chi connectivity index (χ0v) is 18.9. The fraction of sp³-hybridized carbons (Fsp3) is 0.435. The van der Waals surface area contributed by atoms with Crippen LogP contribution < -0.4 is 22.1 Å². The van der Waals surface area contributed by atoms with Gasteiger partial charge in [-0.1, -0.05) is 50.1 Å². The quantitative estimate of drug-likeness (QED) is 0.150. The molecule has 6 N–H and O–H groups in total. The van der Waals surface area contributed by atoms with Crippen molar-refractivity contribution in [1.82, 2.24) is 5.32 Å². The minimum Gasteiger partial charge on any atom is -0.370 e. The molecule has 0 aliphatic heterocycles. The van der Waals surface area contributed by atoms with E-state index in [1.807, 2.05) is 42.5 Å². The van der Waals surface area contributed by atoms with Gasteiger partial charge in [0, 0.05) is 23.9 Å². The molecular weight excluding hydrogens is 410 g/mol. The maximum Gasteiger partial charge on any atom is 0.246 e. The largest absolute Gasteiger partial charge is 0.370 e. The van der Waals surface area contributed by atoms with Crippen LogP contribution in [0, 0.1) is 5.92 Å². The molecule has 2 aromatic rings. The maximum atomic E-state index is 13.0. The molecule has 0 saturated carbocycles. The molecule has 31 heavy (non-hydrogen) atoms. The van der Waals surface area contributed by atoms with Gasteiger partial charge in [-0.15, -0.1) is 0 Å². The first-order chi connectivity index (χ1) is 14.9. The van der Waals surface area contributed by atoms with Crippen molar-refractivity contribution in [1.29, 1.82) is 0 Å². The summed E-state index contributed by atoms with van der Waals surface area (Å²) in [6.45, 7) is 2.47. The van der Waals surface area contributed by atoms with Gasteiger partial charge < -0.3 is 22.1 Å². The lowest BCUT2D eigenvalue weighted by Crippen LogP contribution is -2.46. The lowest BCUT2D eigenvalue weighted by atomic mass is 10.0. The second kappa shape index (κ2) is 12.8. The van der Waals surface area contributed by atoms with Gasteiger partial charge in [-0.25, -0.2) is 0 Å². The maximum absolute atomic E-state index is 13.0. The highest BCUT2D eigenvalue weighted by Crippen LogP contribution is 2.19. The van der Waals surface area contributed by atoms with Crippen molar-refractivity contribution in [2.45, 2.75) is 45.1 Å². The molecule has 7 nitrogen and oxygen atoms in total. The van der Waals surface area contributed by atoms with Gasteiger partial charge in [0.1, 0.15) is 6.04 Å². The highest BCUT2D eigenvalue weighted by atomic mass is 32.1. The van der Waals surface area contributed by atoms with E-state index < -0.39 is 6.04 Å². The summed E-state index contributed by atoms with van der Waals surface area (Å²) >= 11 is 4.32. The van der Waals surface area contributed by atoms with Crippen LogP contribution in [0.4, 0.5) is 5.69 Å². The van der Waals surface area contributed by atoms with Gasteiger partial charge in [-0.2, -0.15) is 12.6 Å². The van der Waals surface area contributed by atoms with E-state index >= 15 is 0 Å². The van der Waals surface area contributed by atoms with Crippen LogP contribution in [0.5, 0.6) is 0 Å². The molecule has 0 spiro atoms. The first kappa shape index (κ1) is 24.5. The van der Waals surface area contributed by atoms with Crippen molar-refractivity contribution < 1.29 is 9.59 Å². The van der Waals surface area contributed by atoms with Crippen LogP contribution in [0.2, 0.25) is 0 Å². The average molecular weight is 444 g/mol. The zero-order chi connectivity index (χ0) is 22.6. The average Bonchev–Trinajstić information content (AvgIpc) is 2.76. The van der Waals surface area contributed by atoms with E-state index in [1.54, 1.807) is 0 Å². The normalized spacial score (nSPS) is 12.7. The molecule has 8 heteroatoms. The summed E-state index contributed by atoms with van der Waals surface area (Å²) < 4.78 is 0. The van der Waals surface area contributed by atoms with Crippen molar-refractivity contribution in [2.24, 2.45) is 22.4 Å². The molecule has 0 bridgehead atoms. The number of rotatable bonds is 12. The number of carbonyl (C=O) groups excluding carboxylic acids is 2. The van der Waals surface area contributed by atoms with Crippen LogP contribution in [0.1, 0.15) is 39.0 Å². The smallest absolute Gasteiger partial charge is 0.246 e. The van der Waals surface area contributed by atoms with Crippen molar-refractivity contribution in [3.63, 3.8) is 0 Å². The Kier molecular flexibility index (Phi) is 10.2. The number of anilines is 1. The molecular formula is C23H33N5O2S. The standard InChI is InChI=1S/C23H33N5O2S/c1-2-3-7-18(15-31)21(29)28-20(10-6-13-26-23(24)25)22(30)27-19-12-11-16-8-4-5-9-17(16)14-19/h4-5,8-9,11-12,14,18,20,31H,2-3,6-7,10,13,15H2,1H3,(H,27,30)(H,28,29)(H4,24,25,26)/t18-,20+/m1/s1. The molecule has 0 aliphatic carbocycles. The number of hydrogen-bond donors (Lipinski definition) is 5. The van der Waals surface area contributed by atoms with Crippen LogP contribution in [-0.2, 0) is 9.59 Å². The Morgan fingerprint density at radius 3 is 2.45 bits per heavy atom. The van der Waals surface area contributed by atoms with Crippen LogP contribution in [-0.4, -0.2) is 36.1 Å². The van der Waals surface area contributed by atoms with Crippen molar-refractivity contribution in [3.8, 4) is 0 Å². The van der Waals surface area contributed by atoms with Gasteiger partial charge in [-0.3, -0.25) is 14.6 Å². The number of thiol groups is 1. The lowest BCUT2D eigenvalue weighted by molar-refractivity contribution is -0.129. The number of amides is 2. The third-order valence-electron chi connectivity index (χ3n) is 5.09. The van der Waals surface area contributed by atoms with Crippen LogP contribution >= 0.6 is 12.6 Å². The van der Waals surface area contributed by atoms with E-state index in [0.29, 0.717) is 30.8 Å². The molecule has 0 aliphatic rings. The number of aliphatic imine (C=N–C) groups is 1. The highest BCUT2D eigenvalue weighted by Gasteiger charge is 2.24. The SMILES string of the molecule is CCCC[C@H](CS)C(=O)N[C@@H](CCCN=C(N)N)C(=O)Nc1ccc2ccccc2c1. The summed E-state index contributed by atoms with van der Waals surface area (Å²) in [5.41, 5.74) is 11.4. The van der Waals surface area contributed by atoms with Gasteiger partial charge in [0.25, 0.3) is 0 Å². The predicted molar refractivity (Wildman–Crippen MR) is 131 cm³/mol. The molecule has 2 rings (SSSR count). The number of nitrogens with two attached hydrogens (primary N) is 2. The molecule has 2 aromatic carbocycles. The fourth-order valence-corrected chi connectivity index (χ4v) is 3.66. The van der Waals surface area contributed by atoms with Gasteiger partial charge in [-0.05, 0) is 42.2 Å². The van der Waals surface area contributed by atoms with E-state index in [0.717, 1.165) is 30.0 Å². The second-order valence-electron chi connectivity index (χ2n) is 7.58. The molecule has 0 unspecified atom stereocenters. The second-order valence-corrected chi connectivity index (χ2v) is 7.95. The first-order valence-electron chi connectivity index (χ1n) is 10.7. The Labute approximate surface area is 189 Å². The number of unbranched alkanes of at least 4 members (excludes halogenated alkanes) is 1. The molecule has 0 aromatic heterocycles. The predicted octanol–water partition coefficient (Wildman–Crippen LogP) is 3.05. The number of nitrogens with zero attached hydrogens (tertiary/aromatic N) is 1. The minimum atomic E-state index is -0.683. The van der Waals surface area contributed by atoms with E-state index in [1.165, 1.54) is 0 Å². The minimum absolute atomic E-state index is 0.0101. The Bertz CT molecular complexity index is 898. The van der Waals surface area contributed by atoms with Crippen LogP contribution in [0.15, 0.2) is 47.5 Å². The van der Waals surface area contributed by atoms with E-state index in [4.69, 9.17) is 11.5 Å². The van der Waals surface area contributed by atoms with Gasteiger partial charge in [0.15, 0.2) is 5.96 Å². The lowest BCUT2D eigenvalue weighted by Gasteiger charge is -2.21. The molecule has 0 saturated heterocycles. The Hall–Kier alpha value is -2.74. The number of hydrogen-bond acceptors (Lipinski definition) is 4. The van der Waals surface area contributed by atoms with Gasteiger partial charge in [0.2, 0.25) is 11.8 Å². The summed E-state index contributed by atoms with van der Waals surface area (Å²) in [7, 11) is 0. The van der Waals surface area contributed by atoms with Crippen molar-refractivity contribution >= 4 is 46.9 Å². The molecule has 2 atom stereocenters. The topological polar surface area (TPSA) is 123 Å². The highest BCUT2D eigenvalue weighted by molar-refractivity contribution is 7.80. The number of fused-ring (bicyclic) bond motifs is 1. The van der Waals surface area contributed by atoms with Gasteiger partial charge >= 0.3 is 0 Å². The molecule has 2 amide bonds. The van der Waals surface area contributed by atoms with E-state index in [9.17, 15) is 9.59 Å². The van der Waals surface area contributed by atoms with Crippen LogP contribution in [0.25, 0.3) is 10.8 Å². The summed E-state index contributed by atoms with van der Waals surface area (Å²) in [6.07, 6.45) is 3.68. The Morgan fingerprint density at radius 1 is 1.03 bits per heavy atom. The van der Waals surface area contributed by atoms with Gasteiger partial charge in [0.05, 0.1) is 0 Å². The number of carbonyl (C=O) groups is 2. The summed E-state index contributed by atoms with van der Waals surface area (Å²) in [5.74, 6) is -0.183. The van der Waals surface area contributed by atoms with Crippen molar-refractivity contribution in [3.05, 3.63) is 42.5 Å². The summed E-state index contributed by atoms with van der Waals surface area (Å²) in [4.78, 5) is 29.7. The summed E-state index contributed by atoms with van der Waals surface area (Å²) in [6, 6.07) is 13.0. The van der Waals surface area contributed by atoms with Crippen molar-refractivity contribution in [2.75, 3.05) is 17.6 Å². The number of nitrogens with one attached hydrogen (secondary N) is 2. The third kappa shape index (κ3) is 8.13. The number of benzene rings is 2. The van der Waals surface area contributed by atoms with E-state index in [2.05, 4.69) is 35.2 Å². The molecule has 0 radical (unpaired) electrons. The van der Waals surface area contributed by atoms with Crippen LogP contribution in [0.3, 0.4) is 0 Å². The zero-order valence-electron chi connectivity index (χ0n) is 18.0. The Morgan fingerprint density at radius 2 is 1.77 bits per heavy atom. The Balaban J connectivity index is 2.09. The fourth-order valence-electron chi connectivity index (χ4n) is 3.31. The molecule has 0 fully saturated rings. The molecule has 0 heterocycles.